The molecule has 1 heterocycles. The first-order valence-electron chi connectivity index (χ1n) is 6.71. The standard InChI is InChI=1S/C14H22N2O2S/c1-11-7-8-16(9-12(11)2)19(17,18)10-13-5-3-4-6-14(13)15/h3-6,11-12H,7-10,15H2,1-2H3. The van der Waals surface area contributed by atoms with E-state index in [2.05, 4.69) is 13.8 Å². The third kappa shape index (κ3) is 3.28. The van der Waals surface area contributed by atoms with Gasteiger partial charge in [0, 0.05) is 18.8 Å². The van der Waals surface area contributed by atoms with Crippen molar-refractivity contribution in [3.05, 3.63) is 29.8 Å². The van der Waals surface area contributed by atoms with Crippen LogP contribution in [0.25, 0.3) is 0 Å². The van der Waals surface area contributed by atoms with Gasteiger partial charge in [-0.1, -0.05) is 32.0 Å². The van der Waals surface area contributed by atoms with Crippen molar-refractivity contribution in [3.63, 3.8) is 0 Å². The van der Waals surface area contributed by atoms with Crippen molar-refractivity contribution in [2.45, 2.75) is 26.0 Å². The molecule has 1 saturated heterocycles. The molecule has 5 heteroatoms. The predicted octanol–water partition coefficient (Wildman–Crippen LogP) is 2.08. The van der Waals surface area contributed by atoms with Crippen LogP contribution in [0.2, 0.25) is 0 Å². The molecule has 2 rings (SSSR count). The van der Waals surface area contributed by atoms with Crippen molar-refractivity contribution in [1.82, 2.24) is 4.31 Å². The molecule has 0 amide bonds. The molecule has 0 spiro atoms. The first-order valence-corrected chi connectivity index (χ1v) is 8.32. The van der Waals surface area contributed by atoms with Crippen molar-refractivity contribution >= 4 is 15.7 Å². The van der Waals surface area contributed by atoms with Crippen LogP contribution < -0.4 is 5.73 Å². The summed E-state index contributed by atoms with van der Waals surface area (Å²) in [5.41, 5.74) is 7.06. The molecule has 0 radical (unpaired) electrons. The molecule has 0 saturated carbocycles. The van der Waals surface area contributed by atoms with Crippen LogP contribution in [0.15, 0.2) is 24.3 Å². The number of hydrogen-bond acceptors (Lipinski definition) is 3. The Morgan fingerprint density at radius 1 is 1.26 bits per heavy atom. The van der Waals surface area contributed by atoms with Gasteiger partial charge in [-0.15, -0.1) is 0 Å². The molecule has 2 atom stereocenters. The lowest BCUT2D eigenvalue weighted by atomic mass is 9.90. The first-order chi connectivity index (χ1) is 8.90. The normalized spacial score (nSPS) is 25.4. The minimum absolute atomic E-state index is 0.000768. The average molecular weight is 282 g/mol. The fourth-order valence-corrected chi connectivity index (χ4v) is 4.11. The van der Waals surface area contributed by atoms with Crippen LogP contribution in [0.1, 0.15) is 25.8 Å². The van der Waals surface area contributed by atoms with Crippen molar-refractivity contribution in [3.8, 4) is 0 Å². The van der Waals surface area contributed by atoms with Crippen LogP contribution in [-0.4, -0.2) is 25.8 Å². The summed E-state index contributed by atoms with van der Waals surface area (Å²) in [5, 5.41) is 0. The average Bonchev–Trinajstić information content (AvgIpc) is 2.35. The molecule has 1 aliphatic heterocycles. The van der Waals surface area contributed by atoms with Gasteiger partial charge in [0.1, 0.15) is 0 Å². The van der Waals surface area contributed by atoms with E-state index in [1.54, 1.807) is 16.4 Å². The smallest absolute Gasteiger partial charge is 0.218 e. The van der Waals surface area contributed by atoms with E-state index in [1.807, 2.05) is 12.1 Å². The van der Waals surface area contributed by atoms with Gasteiger partial charge in [-0.25, -0.2) is 12.7 Å². The number of rotatable bonds is 3. The van der Waals surface area contributed by atoms with E-state index in [4.69, 9.17) is 5.73 Å². The van der Waals surface area contributed by atoms with Gasteiger partial charge >= 0.3 is 0 Å². The van der Waals surface area contributed by atoms with Crippen LogP contribution in [0, 0.1) is 11.8 Å². The number of benzene rings is 1. The van der Waals surface area contributed by atoms with Crippen LogP contribution in [0.3, 0.4) is 0 Å². The van der Waals surface area contributed by atoms with Gasteiger partial charge in [-0.3, -0.25) is 0 Å². The Balaban J connectivity index is 2.13. The molecule has 0 aromatic heterocycles. The number of hydrogen-bond donors (Lipinski definition) is 1. The van der Waals surface area contributed by atoms with E-state index in [1.165, 1.54) is 0 Å². The molecule has 2 N–H and O–H groups in total. The second kappa shape index (κ2) is 5.51. The second-order valence-corrected chi connectivity index (χ2v) is 7.53. The lowest BCUT2D eigenvalue weighted by Gasteiger charge is -2.34. The highest BCUT2D eigenvalue weighted by Gasteiger charge is 2.30. The quantitative estimate of drug-likeness (QED) is 0.863. The fraction of sp³-hybridized carbons (Fsp3) is 0.571. The van der Waals surface area contributed by atoms with Crippen molar-refractivity contribution < 1.29 is 8.42 Å². The van der Waals surface area contributed by atoms with Crippen LogP contribution >= 0.6 is 0 Å². The summed E-state index contributed by atoms with van der Waals surface area (Å²) < 4.78 is 26.5. The third-order valence-corrected chi connectivity index (χ3v) is 5.88. The first kappa shape index (κ1) is 14.3. The molecule has 2 unspecified atom stereocenters. The van der Waals surface area contributed by atoms with Crippen molar-refractivity contribution in [1.29, 1.82) is 0 Å². The molecule has 19 heavy (non-hydrogen) atoms. The van der Waals surface area contributed by atoms with Gasteiger partial charge in [0.2, 0.25) is 10.0 Å². The SMILES string of the molecule is CC1CCN(S(=O)(=O)Cc2ccccc2N)CC1C. The lowest BCUT2D eigenvalue weighted by Crippen LogP contribution is -2.42. The van der Waals surface area contributed by atoms with E-state index in [0.29, 0.717) is 36.2 Å². The van der Waals surface area contributed by atoms with Crippen LogP contribution in [0.4, 0.5) is 5.69 Å². The molecule has 0 aliphatic carbocycles. The van der Waals surface area contributed by atoms with Gasteiger partial charge in [0.15, 0.2) is 0 Å². The monoisotopic (exact) mass is 282 g/mol. The summed E-state index contributed by atoms with van der Waals surface area (Å²) in [5.74, 6) is 1.01. The van der Waals surface area contributed by atoms with Gasteiger partial charge in [0.05, 0.1) is 5.75 Å². The number of anilines is 1. The number of sulfonamides is 1. The zero-order valence-electron chi connectivity index (χ0n) is 11.5. The topological polar surface area (TPSA) is 63.4 Å². The predicted molar refractivity (Wildman–Crippen MR) is 78.0 cm³/mol. The minimum Gasteiger partial charge on any atom is -0.398 e. The molecule has 1 aromatic carbocycles. The van der Waals surface area contributed by atoms with E-state index >= 15 is 0 Å². The summed E-state index contributed by atoms with van der Waals surface area (Å²) >= 11 is 0. The highest BCUT2D eigenvalue weighted by Crippen LogP contribution is 2.26. The number of nitrogens with zero attached hydrogens (tertiary/aromatic N) is 1. The van der Waals surface area contributed by atoms with E-state index < -0.39 is 10.0 Å². The number of nitrogens with two attached hydrogens (primary N) is 1. The van der Waals surface area contributed by atoms with E-state index in [-0.39, 0.29) is 5.75 Å². The van der Waals surface area contributed by atoms with E-state index in [0.717, 1.165) is 6.42 Å². The zero-order valence-corrected chi connectivity index (χ0v) is 12.4. The molecule has 1 aromatic rings. The Morgan fingerprint density at radius 3 is 2.58 bits per heavy atom. The molecular formula is C14H22N2O2S. The van der Waals surface area contributed by atoms with Crippen LogP contribution in [0.5, 0.6) is 0 Å². The largest absolute Gasteiger partial charge is 0.398 e. The Labute approximate surface area is 115 Å². The number of para-hydroxylation sites is 1. The highest BCUT2D eigenvalue weighted by atomic mass is 32.2. The summed E-state index contributed by atoms with van der Waals surface area (Å²) in [6, 6.07) is 7.16. The van der Waals surface area contributed by atoms with Crippen molar-refractivity contribution in [2.24, 2.45) is 11.8 Å². The minimum atomic E-state index is -3.26. The Morgan fingerprint density at radius 2 is 1.95 bits per heavy atom. The van der Waals surface area contributed by atoms with Crippen LogP contribution in [-0.2, 0) is 15.8 Å². The van der Waals surface area contributed by atoms with Gasteiger partial charge in [-0.05, 0) is 29.9 Å². The second-order valence-electron chi connectivity index (χ2n) is 5.56. The third-order valence-electron chi connectivity index (χ3n) is 4.08. The molecule has 4 nitrogen and oxygen atoms in total. The maximum absolute atomic E-state index is 12.4. The van der Waals surface area contributed by atoms with Gasteiger partial charge in [-0.2, -0.15) is 0 Å². The molecule has 1 fully saturated rings. The highest BCUT2D eigenvalue weighted by molar-refractivity contribution is 7.88. The molecule has 106 valence electrons. The summed E-state index contributed by atoms with van der Waals surface area (Å²) in [7, 11) is -3.26. The Bertz CT molecular complexity index is 542. The Kier molecular flexibility index (Phi) is 4.16. The molecule has 0 bridgehead atoms. The lowest BCUT2D eigenvalue weighted by molar-refractivity contribution is 0.212. The number of nitrogen functional groups attached to an aromatic ring is 1. The zero-order chi connectivity index (χ0) is 14.0. The fourth-order valence-electron chi connectivity index (χ4n) is 2.43. The van der Waals surface area contributed by atoms with Gasteiger partial charge in [0.25, 0.3) is 0 Å². The molecule has 1 aliphatic rings. The Hall–Kier alpha value is -1.07. The number of piperidine rings is 1. The van der Waals surface area contributed by atoms with E-state index in [9.17, 15) is 8.42 Å². The summed E-state index contributed by atoms with van der Waals surface area (Å²) in [4.78, 5) is 0. The molecular weight excluding hydrogens is 260 g/mol. The summed E-state index contributed by atoms with van der Waals surface area (Å²) in [6.45, 7) is 5.55. The van der Waals surface area contributed by atoms with Crippen molar-refractivity contribution in [2.75, 3.05) is 18.8 Å². The maximum atomic E-state index is 12.4. The maximum Gasteiger partial charge on any atom is 0.218 e. The van der Waals surface area contributed by atoms with Gasteiger partial charge < -0.3 is 5.73 Å². The summed E-state index contributed by atoms with van der Waals surface area (Å²) in [6.07, 6.45) is 0.935.